The number of benzene rings is 1. The number of esters is 1. The van der Waals surface area contributed by atoms with E-state index in [9.17, 15) is 14.3 Å². The van der Waals surface area contributed by atoms with Crippen molar-refractivity contribution in [1.82, 2.24) is 9.97 Å². The number of carbonyl (C=O) groups is 1. The molecule has 7 heteroatoms. The van der Waals surface area contributed by atoms with E-state index >= 15 is 0 Å². The number of halogens is 2. The summed E-state index contributed by atoms with van der Waals surface area (Å²) >= 11 is 1.98. The molecule has 0 bridgehead atoms. The van der Waals surface area contributed by atoms with Gasteiger partial charge < -0.3 is 9.84 Å². The number of carbonyl (C=O) groups excluding carboxylic acids is 1. The summed E-state index contributed by atoms with van der Waals surface area (Å²) in [6.45, 7) is 0. The zero-order valence-corrected chi connectivity index (χ0v) is 14.7. The van der Waals surface area contributed by atoms with Crippen LogP contribution >= 0.6 is 22.6 Å². The van der Waals surface area contributed by atoms with Crippen LogP contribution in [0.5, 0.6) is 5.75 Å². The van der Waals surface area contributed by atoms with E-state index in [4.69, 9.17) is 0 Å². The number of pyridine rings is 2. The number of nitrogens with zero attached hydrogens (tertiary/aromatic N) is 2. The summed E-state index contributed by atoms with van der Waals surface area (Å²) in [5, 5.41) is 10.9. The zero-order chi connectivity index (χ0) is 17.3. The number of aromatic nitrogens is 2. The van der Waals surface area contributed by atoms with Crippen LogP contribution in [0.25, 0.3) is 10.9 Å². The molecule has 24 heavy (non-hydrogen) atoms. The first kappa shape index (κ1) is 16.6. The van der Waals surface area contributed by atoms with Gasteiger partial charge in [0.05, 0.1) is 7.11 Å². The van der Waals surface area contributed by atoms with E-state index in [0.29, 0.717) is 15.5 Å². The second kappa shape index (κ2) is 6.68. The van der Waals surface area contributed by atoms with Crippen LogP contribution in [0.3, 0.4) is 0 Å². The molecule has 0 amide bonds. The SMILES string of the molecule is COC(=O)c1nc(I)c2cc(Cc3ccc(F)cc3)cnc2c1O. The Hall–Kier alpha value is -2.29. The summed E-state index contributed by atoms with van der Waals surface area (Å²) in [4.78, 5) is 20.0. The Kier molecular flexibility index (Phi) is 4.61. The van der Waals surface area contributed by atoms with Gasteiger partial charge in [-0.1, -0.05) is 12.1 Å². The fourth-order valence-electron chi connectivity index (χ4n) is 2.35. The molecule has 0 radical (unpaired) electrons. The van der Waals surface area contributed by atoms with Crippen LogP contribution in [-0.2, 0) is 11.2 Å². The Labute approximate surface area is 150 Å². The molecule has 5 nitrogen and oxygen atoms in total. The van der Waals surface area contributed by atoms with Gasteiger partial charge in [-0.2, -0.15) is 0 Å². The summed E-state index contributed by atoms with van der Waals surface area (Å²) in [6.07, 6.45) is 2.18. The Morgan fingerprint density at radius 3 is 2.67 bits per heavy atom. The lowest BCUT2D eigenvalue weighted by Crippen LogP contribution is -2.07. The molecule has 0 unspecified atom stereocenters. The standard InChI is InChI=1S/C17H12FIN2O3/c1-24-17(23)14-15(22)13-12(16(19)21-14)7-10(8-20-13)6-9-2-4-11(18)5-3-9/h2-5,7-8,22H,6H2,1H3. The number of hydrogen-bond acceptors (Lipinski definition) is 5. The third-order valence-corrected chi connectivity index (χ3v) is 4.35. The molecule has 0 atom stereocenters. The van der Waals surface area contributed by atoms with Gasteiger partial charge in [0, 0.05) is 11.6 Å². The van der Waals surface area contributed by atoms with Crippen LogP contribution < -0.4 is 0 Å². The van der Waals surface area contributed by atoms with Crippen molar-refractivity contribution in [2.24, 2.45) is 0 Å². The molecule has 2 heterocycles. The Bertz CT molecular complexity index is 929. The lowest BCUT2D eigenvalue weighted by atomic mass is 10.0. The maximum atomic E-state index is 13.0. The molecule has 0 saturated heterocycles. The van der Waals surface area contributed by atoms with Crippen LogP contribution in [-0.4, -0.2) is 28.2 Å². The van der Waals surface area contributed by atoms with Crippen molar-refractivity contribution in [2.75, 3.05) is 7.11 Å². The number of rotatable bonds is 3. The average molecular weight is 438 g/mol. The quantitative estimate of drug-likeness (QED) is 0.386. The molecule has 122 valence electrons. The smallest absolute Gasteiger partial charge is 0.360 e. The van der Waals surface area contributed by atoms with E-state index in [1.54, 1.807) is 18.3 Å². The normalized spacial score (nSPS) is 10.8. The summed E-state index contributed by atoms with van der Waals surface area (Å²) < 4.78 is 18.1. The lowest BCUT2D eigenvalue weighted by molar-refractivity contribution is 0.0590. The van der Waals surface area contributed by atoms with Gasteiger partial charge in [0.1, 0.15) is 15.0 Å². The van der Waals surface area contributed by atoms with Crippen molar-refractivity contribution in [1.29, 1.82) is 0 Å². The first-order chi connectivity index (χ1) is 11.5. The fraction of sp³-hybridized carbons (Fsp3) is 0.118. The molecular formula is C17H12FIN2O3. The van der Waals surface area contributed by atoms with E-state index in [1.807, 2.05) is 28.7 Å². The van der Waals surface area contributed by atoms with Crippen LogP contribution in [0.15, 0.2) is 36.5 Å². The van der Waals surface area contributed by atoms with Crippen molar-refractivity contribution in [3.8, 4) is 5.75 Å². The van der Waals surface area contributed by atoms with Gasteiger partial charge in [0.2, 0.25) is 0 Å². The van der Waals surface area contributed by atoms with Crippen molar-refractivity contribution in [3.05, 3.63) is 62.9 Å². The third kappa shape index (κ3) is 3.16. The van der Waals surface area contributed by atoms with Crippen molar-refractivity contribution in [2.45, 2.75) is 6.42 Å². The average Bonchev–Trinajstić information content (AvgIpc) is 2.59. The van der Waals surface area contributed by atoms with E-state index in [0.717, 1.165) is 11.1 Å². The highest BCUT2D eigenvalue weighted by molar-refractivity contribution is 14.1. The monoisotopic (exact) mass is 438 g/mol. The minimum Gasteiger partial charge on any atom is -0.504 e. The molecular weight excluding hydrogens is 426 g/mol. The first-order valence-electron chi connectivity index (χ1n) is 6.99. The number of hydrogen-bond donors (Lipinski definition) is 1. The topological polar surface area (TPSA) is 72.3 Å². The van der Waals surface area contributed by atoms with E-state index < -0.39 is 5.97 Å². The predicted molar refractivity (Wildman–Crippen MR) is 94.5 cm³/mol. The van der Waals surface area contributed by atoms with Crippen LogP contribution in [0, 0.1) is 9.52 Å². The van der Waals surface area contributed by atoms with Gasteiger partial charge in [0.15, 0.2) is 11.4 Å². The molecule has 1 aromatic carbocycles. The highest BCUT2D eigenvalue weighted by atomic mass is 127. The molecule has 1 N–H and O–H groups in total. The molecule has 3 rings (SSSR count). The van der Waals surface area contributed by atoms with Gasteiger partial charge in [0.25, 0.3) is 0 Å². The van der Waals surface area contributed by atoms with E-state index in [2.05, 4.69) is 14.7 Å². The summed E-state index contributed by atoms with van der Waals surface area (Å²) in [5.74, 6) is -1.30. The van der Waals surface area contributed by atoms with Gasteiger partial charge in [-0.3, -0.25) is 4.98 Å². The summed E-state index contributed by atoms with van der Waals surface area (Å²) in [5.41, 5.74) is 1.96. The molecule has 2 aromatic heterocycles. The molecule has 0 spiro atoms. The third-order valence-electron chi connectivity index (χ3n) is 3.53. The number of fused-ring (bicyclic) bond motifs is 1. The summed E-state index contributed by atoms with van der Waals surface area (Å²) in [7, 11) is 1.22. The Morgan fingerprint density at radius 2 is 2.00 bits per heavy atom. The van der Waals surface area contributed by atoms with Crippen LogP contribution in [0.2, 0.25) is 0 Å². The molecule has 3 aromatic rings. The molecule has 0 aliphatic carbocycles. The first-order valence-corrected chi connectivity index (χ1v) is 8.07. The van der Waals surface area contributed by atoms with Gasteiger partial charge in [-0.05, 0) is 58.3 Å². The molecule has 0 aliphatic heterocycles. The van der Waals surface area contributed by atoms with E-state index in [1.165, 1.54) is 19.2 Å². The fourth-order valence-corrected chi connectivity index (χ4v) is 3.00. The minimum atomic E-state index is -0.718. The highest BCUT2D eigenvalue weighted by Crippen LogP contribution is 2.30. The largest absolute Gasteiger partial charge is 0.504 e. The van der Waals surface area contributed by atoms with Crippen LogP contribution in [0.1, 0.15) is 21.6 Å². The van der Waals surface area contributed by atoms with Crippen molar-refractivity contribution < 1.29 is 19.0 Å². The number of aromatic hydroxyl groups is 1. The zero-order valence-electron chi connectivity index (χ0n) is 12.6. The maximum absolute atomic E-state index is 13.0. The predicted octanol–water partition coefficient (Wildman–Crippen LogP) is 3.46. The molecule has 0 aliphatic rings. The lowest BCUT2D eigenvalue weighted by Gasteiger charge is -2.09. The van der Waals surface area contributed by atoms with Crippen molar-refractivity contribution >= 4 is 39.5 Å². The highest BCUT2D eigenvalue weighted by Gasteiger charge is 2.20. The van der Waals surface area contributed by atoms with Gasteiger partial charge in [-0.15, -0.1) is 0 Å². The van der Waals surface area contributed by atoms with Crippen molar-refractivity contribution in [3.63, 3.8) is 0 Å². The van der Waals surface area contributed by atoms with Gasteiger partial charge in [-0.25, -0.2) is 14.2 Å². The number of methoxy groups -OCH3 is 1. The maximum Gasteiger partial charge on any atom is 0.360 e. The van der Waals surface area contributed by atoms with Gasteiger partial charge >= 0.3 is 5.97 Å². The molecule has 0 fully saturated rings. The Balaban J connectivity index is 2.04. The second-order valence-corrected chi connectivity index (χ2v) is 6.16. The van der Waals surface area contributed by atoms with Crippen LogP contribution in [0.4, 0.5) is 4.39 Å². The Morgan fingerprint density at radius 1 is 1.29 bits per heavy atom. The minimum absolute atomic E-state index is 0.159. The van der Waals surface area contributed by atoms with E-state index in [-0.39, 0.29) is 22.8 Å². The number of ether oxygens (including phenoxy) is 1. The second-order valence-electron chi connectivity index (χ2n) is 5.13. The molecule has 0 saturated carbocycles. The summed E-state index contributed by atoms with van der Waals surface area (Å²) in [6, 6.07) is 8.08.